The van der Waals surface area contributed by atoms with Crippen molar-refractivity contribution in [3.8, 4) is 5.75 Å². The zero-order valence-corrected chi connectivity index (χ0v) is 13.3. The highest BCUT2D eigenvalue weighted by Gasteiger charge is 2.12. The van der Waals surface area contributed by atoms with E-state index in [0.717, 1.165) is 0 Å². The maximum Gasteiger partial charge on any atom is 0.255 e. The number of rotatable bonds is 4. The van der Waals surface area contributed by atoms with Gasteiger partial charge in [0, 0.05) is 5.56 Å². The number of anilines is 1. The summed E-state index contributed by atoms with van der Waals surface area (Å²) in [7, 11) is 0. The van der Waals surface area contributed by atoms with E-state index in [4.69, 9.17) is 4.74 Å². The van der Waals surface area contributed by atoms with Crippen LogP contribution in [0.5, 0.6) is 5.75 Å². The number of hydrogen-bond donors (Lipinski definition) is 1. The molecule has 110 valence electrons. The fraction of sp³-hybridized carbons (Fsp3) is 0.188. The highest BCUT2D eigenvalue weighted by molar-refractivity contribution is 9.10. The molecule has 0 heterocycles. The Morgan fingerprint density at radius 1 is 1.24 bits per heavy atom. The number of ether oxygens (including phenoxy) is 1. The molecule has 1 amide bonds. The first-order chi connectivity index (χ1) is 9.97. The number of para-hydroxylation sites is 2. The molecule has 2 aromatic rings. The molecule has 0 aliphatic heterocycles. The molecular formula is C16H15BrFNO2. The average molecular weight is 352 g/mol. The van der Waals surface area contributed by atoms with Crippen LogP contribution in [-0.4, -0.2) is 12.0 Å². The molecule has 0 atom stereocenters. The zero-order valence-electron chi connectivity index (χ0n) is 11.7. The number of nitrogens with one attached hydrogen (secondary N) is 1. The first-order valence-corrected chi connectivity index (χ1v) is 7.28. The molecule has 21 heavy (non-hydrogen) atoms. The molecule has 0 aliphatic carbocycles. The highest BCUT2D eigenvalue weighted by Crippen LogP contribution is 2.26. The Kier molecular flexibility index (Phi) is 4.96. The predicted octanol–water partition coefficient (Wildman–Crippen LogP) is 4.63. The maximum atomic E-state index is 13.5. The van der Waals surface area contributed by atoms with Crippen molar-refractivity contribution in [1.29, 1.82) is 0 Å². The van der Waals surface area contributed by atoms with Gasteiger partial charge in [-0.15, -0.1) is 0 Å². The van der Waals surface area contributed by atoms with Crippen molar-refractivity contribution in [2.45, 2.75) is 20.0 Å². The van der Waals surface area contributed by atoms with E-state index in [0.29, 0.717) is 15.9 Å². The van der Waals surface area contributed by atoms with Gasteiger partial charge in [-0.2, -0.15) is 0 Å². The van der Waals surface area contributed by atoms with E-state index in [9.17, 15) is 9.18 Å². The molecule has 0 saturated heterocycles. The Labute approximate surface area is 131 Å². The standard InChI is InChI=1S/C16H15BrFNO2/c1-10(2)21-15-6-4-3-5-14(15)19-16(20)11-7-8-12(17)13(18)9-11/h3-10H,1-2H3,(H,19,20). The lowest BCUT2D eigenvalue weighted by Crippen LogP contribution is -2.14. The van der Waals surface area contributed by atoms with Crippen LogP contribution in [0.3, 0.4) is 0 Å². The van der Waals surface area contributed by atoms with Gasteiger partial charge in [-0.1, -0.05) is 12.1 Å². The largest absolute Gasteiger partial charge is 0.489 e. The van der Waals surface area contributed by atoms with Gasteiger partial charge in [0.05, 0.1) is 16.3 Å². The molecule has 0 fully saturated rings. The smallest absolute Gasteiger partial charge is 0.255 e. The van der Waals surface area contributed by atoms with Gasteiger partial charge in [0.25, 0.3) is 5.91 Å². The minimum atomic E-state index is -0.477. The third kappa shape index (κ3) is 4.04. The van der Waals surface area contributed by atoms with Crippen LogP contribution in [0.1, 0.15) is 24.2 Å². The Hall–Kier alpha value is -1.88. The molecule has 0 radical (unpaired) electrons. The summed E-state index contributed by atoms with van der Waals surface area (Å²) in [5, 5.41) is 2.73. The van der Waals surface area contributed by atoms with Gasteiger partial charge in [-0.3, -0.25) is 4.79 Å². The second kappa shape index (κ2) is 6.72. The monoisotopic (exact) mass is 351 g/mol. The Bertz CT molecular complexity index is 658. The summed E-state index contributed by atoms with van der Waals surface area (Å²) in [5.41, 5.74) is 0.801. The van der Waals surface area contributed by atoms with Crippen LogP contribution in [0.4, 0.5) is 10.1 Å². The van der Waals surface area contributed by atoms with Crippen molar-refractivity contribution in [2.24, 2.45) is 0 Å². The van der Waals surface area contributed by atoms with Crippen LogP contribution in [-0.2, 0) is 0 Å². The lowest BCUT2D eigenvalue weighted by Gasteiger charge is -2.14. The molecule has 0 unspecified atom stereocenters. The van der Waals surface area contributed by atoms with Crippen LogP contribution < -0.4 is 10.1 Å². The fourth-order valence-electron chi connectivity index (χ4n) is 1.76. The molecule has 3 nitrogen and oxygen atoms in total. The molecule has 0 aliphatic rings. The lowest BCUT2D eigenvalue weighted by atomic mass is 10.2. The number of hydrogen-bond acceptors (Lipinski definition) is 2. The van der Waals surface area contributed by atoms with Gasteiger partial charge >= 0.3 is 0 Å². The first-order valence-electron chi connectivity index (χ1n) is 6.49. The molecular weight excluding hydrogens is 337 g/mol. The van der Waals surface area contributed by atoms with Gasteiger partial charge in [0.2, 0.25) is 0 Å². The molecule has 0 spiro atoms. The summed E-state index contributed by atoms with van der Waals surface area (Å²) in [6, 6.07) is 11.4. The molecule has 0 bridgehead atoms. The van der Waals surface area contributed by atoms with Gasteiger partial charge in [0.15, 0.2) is 0 Å². The topological polar surface area (TPSA) is 38.3 Å². The van der Waals surface area contributed by atoms with Crippen molar-refractivity contribution in [3.05, 3.63) is 58.3 Å². The highest BCUT2D eigenvalue weighted by atomic mass is 79.9. The van der Waals surface area contributed by atoms with Crippen molar-refractivity contribution in [2.75, 3.05) is 5.32 Å². The second-order valence-corrected chi connectivity index (χ2v) is 5.60. The van der Waals surface area contributed by atoms with Crippen molar-refractivity contribution in [1.82, 2.24) is 0 Å². The van der Waals surface area contributed by atoms with Crippen molar-refractivity contribution < 1.29 is 13.9 Å². The second-order valence-electron chi connectivity index (χ2n) is 4.75. The number of benzene rings is 2. The summed E-state index contributed by atoms with van der Waals surface area (Å²) < 4.78 is 19.4. The normalized spacial score (nSPS) is 10.5. The number of halogens is 2. The number of amides is 1. The van der Waals surface area contributed by atoms with E-state index in [1.165, 1.54) is 12.1 Å². The van der Waals surface area contributed by atoms with Gasteiger partial charge in [-0.25, -0.2) is 4.39 Å². The third-order valence-corrected chi connectivity index (χ3v) is 3.32. The van der Waals surface area contributed by atoms with Gasteiger partial charge < -0.3 is 10.1 Å². The van der Waals surface area contributed by atoms with Crippen LogP contribution in [0.2, 0.25) is 0 Å². The van der Waals surface area contributed by atoms with E-state index in [1.54, 1.807) is 24.3 Å². The molecule has 0 saturated carbocycles. The number of carbonyl (C=O) groups is 1. The summed E-state index contributed by atoms with van der Waals surface area (Å²) in [6.07, 6.45) is -0.00632. The van der Waals surface area contributed by atoms with E-state index >= 15 is 0 Å². The summed E-state index contributed by atoms with van der Waals surface area (Å²) in [6.45, 7) is 3.81. The minimum Gasteiger partial charge on any atom is -0.489 e. The Morgan fingerprint density at radius 3 is 2.62 bits per heavy atom. The SMILES string of the molecule is CC(C)Oc1ccccc1NC(=O)c1ccc(Br)c(F)c1. The van der Waals surface area contributed by atoms with Crippen LogP contribution in [0, 0.1) is 5.82 Å². The first kappa shape index (κ1) is 15.5. The summed E-state index contributed by atoms with van der Waals surface area (Å²) in [5.74, 6) is -0.283. The molecule has 0 aromatic heterocycles. The maximum absolute atomic E-state index is 13.5. The molecule has 2 rings (SSSR count). The molecule has 1 N–H and O–H groups in total. The van der Waals surface area contributed by atoms with Crippen molar-refractivity contribution >= 4 is 27.5 Å². The van der Waals surface area contributed by atoms with E-state index in [1.807, 2.05) is 19.9 Å². The van der Waals surface area contributed by atoms with E-state index in [2.05, 4.69) is 21.2 Å². The lowest BCUT2D eigenvalue weighted by molar-refractivity contribution is 0.102. The van der Waals surface area contributed by atoms with Crippen LogP contribution in [0.15, 0.2) is 46.9 Å². The van der Waals surface area contributed by atoms with Gasteiger partial charge in [0.1, 0.15) is 11.6 Å². The third-order valence-electron chi connectivity index (χ3n) is 2.68. The molecule has 5 heteroatoms. The van der Waals surface area contributed by atoms with E-state index < -0.39 is 5.82 Å². The summed E-state index contributed by atoms with van der Waals surface area (Å²) >= 11 is 3.06. The van der Waals surface area contributed by atoms with Crippen molar-refractivity contribution in [3.63, 3.8) is 0 Å². The quantitative estimate of drug-likeness (QED) is 0.872. The minimum absolute atomic E-state index is 0.00632. The predicted molar refractivity (Wildman–Crippen MR) is 84.3 cm³/mol. The zero-order chi connectivity index (χ0) is 15.4. The fourth-order valence-corrected chi connectivity index (χ4v) is 2.01. The average Bonchev–Trinajstić information content (AvgIpc) is 2.43. The van der Waals surface area contributed by atoms with Crippen LogP contribution >= 0.6 is 15.9 Å². The van der Waals surface area contributed by atoms with Crippen LogP contribution in [0.25, 0.3) is 0 Å². The molecule has 2 aromatic carbocycles. The van der Waals surface area contributed by atoms with Gasteiger partial charge in [-0.05, 0) is 60.1 Å². The Balaban J connectivity index is 2.21. The Morgan fingerprint density at radius 2 is 1.95 bits per heavy atom. The number of carbonyl (C=O) groups excluding carboxylic acids is 1. The summed E-state index contributed by atoms with van der Waals surface area (Å²) in [4.78, 5) is 12.2. The van der Waals surface area contributed by atoms with E-state index in [-0.39, 0.29) is 17.6 Å².